The quantitative estimate of drug-likeness (QED) is 0.509. The summed E-state index contributed by atoms with van der Waals surface area (Å²) in [4.78, 5) is 7.38. The number of nitrogens with zero attached hydrogens (tertiary/aromatic N) is 2. The molecule has 0 radical (unpaired) electrons. The van der Waals surface area contributed by atoms with Crippen molar-refractivity contribution in [2.24, 2.45) is 0 Å². The molecule has 2 nitrogen and oxygen atoms in total. The number of hydrogen-bond acceptors (Lipinski definition) is 3. The molecule has 0 aromatic carbocycles. The highest BCUT2D eigenvalue weighted by atomic mass is 32.2. The summed E-state index contributed by atoms with van der Waals surface area (Å²) in [7, 11) is 0. The summed E-state index contributed by atoms with van der Waals surface area (Å²) in [5.41, 5.74) is 0.864. The molecule has 0 unspecified atom stereocenters. The van der Waals surface area contributed by atoms with Gasteiger partial charge in [0.15, 0.2) is 5.16 Å². The molecule has 1 rings (SSSR count). The van der Waals surface area contributed by atoms with E-state index >= 15 is 0 Å². The van der Waals surface area contributed by atoms with E-state index in [0.717, 1.165) is 5.56 Å². The highest BCUT2D eigenvalue weighted by Gasteiger charge is 2.06. The van der Waals surface area contributed by atoms with E-state index in [4.69, 9.17) is 0 Å². The molecule has 0 atom stereocenters. The van der Waals surface area contributed by atoms with Gasteiger partial charge in [-0.3, -0.25) is 0 Å². The van der Waals surface area contributed by atoms with Crippen LogP contribution in [0.3, 0.4) is 0 Å². The monoisotopic (exact) mass is 176 g/mol. The van der Waals surface area contributed by atoms with Gasteiger partial charge in [-0.05, 0) is 24.2 Å². The second-order valence-electron chi connectivity index (χ2n) is 1.92. The van der Waals surface area contributed by atoms with Gasteiger partial charge in [0.1, 0.15) is 0 Å². The van der Waals surface area contributed by atoms with Crippen molar-refractivity contribution in [2.45, 2.75) is 17.8 Å². The largest absolute Gasteiger partial charge is 0.291 e. The number of rotatable bonds is 2. The number of halogens is 2. The zero-order chi connectivity index (χ0) is 8.27. The molecular formula is C6H6F2N2S. The highest BCUT2D eigenvalue weighted by Crippen LogP contribution is 2.20. The third-order valence-electron chi connectivity index (χ3n) is 0.952. The summed E-state index contributed by atoms with van der Waals surface area (Å²) in [6, 6.07) is 0. The van der Waals surface area contributed by atoms with Gasteiger partial charge in [0.2, 0.25) is 0 Å². The predicted octanol–water partition coefficient (Wildman–Crippen LogP) is 2.10. The highest BCUT2D eigenvalue weighted by molar-refractivity contribution is 7.99. The van der Waals surface area contributed by atoms with Crippen molar-refractivity contribution in [1.29, 1.82) is 0 Å². The lowest BCUT2D eigenvalue weighted by molar-refractivity contribution is 0.251. The molecule has 5 heteroatoms. The lowest BCUT2D eigenvalue weighted by Gasteiger charge is -1.96. The lowest BCUT2D eigenvalue weighted by atomic mass is 10.4. The van der Waals surface area contributed by atoms with Gasteiger partial charge in [-0.15, -0.1) is 0 Å². The van der Waals surface area contributed by atoms with Crippen LogP contribution in [0.1, 0.15) is 5.56 Å². The molecule has 0 amide bonds. The fourth-order valence-electron chi connectivity index (χ4n) is 0.521. The van der Waals surface area contributed by atoms with Crippen LogP contribution < -0.4 is 0 Å². The van der Waals surface area contributed by atoms with Crippen LogP contribution in [-0.4, -0.2) is 15.7 Å². The Balaban J connectivity index is 2.66. The summed E-state index contributed by atoms with van der Waals surface area (Å²) < 4.78 is 23.4. The normalized spacial score (nSPS) is 10.5. The second kappa shape index (κ2) is 3.61. The maximum atomic E-state index is 11.7. The molecule has 1 aromatic rings. The second-order valence-corrected chi connectivity index (χ2v) is 2.88. The van der Waals surface area contributed by atoms with Crippen LogP contribution in [-0.2, 0) is 0 Å². The van der Waals surface area contributed by atoms with Crippen LogP contribution in [0, 0.1) is 6.92 Å². The van der Waals surface area contributed by atoms with Gasteiger partial charge >= 0.3 is 0 Å². The first kappa shape index (κ1) is 8.39. The third-order valence-corrected chi connectivity index (χ3v) is 1.55. The third kappa shape index (κ3) is 2.80. The molecule has 0 spiro atoms. The average Bonchev–Trinajstić information content (AvgIpc) is 1.93. The van der Waals surface area contributed by atoms with Gasteiger partial charge in [-0.2, -0.15) is 8.78 Å². The van der Waals surface area contributed by atoms with Gasteiger partial charge in [0, 0.05) is 12.4 Å². The lowest BCUT2D eigenvalue weighted by Crippen LogP contribution is -1.89. The topological polar surface area (TPSA) is 25.8 Å². The molecule has 0 aliphatic rings. The van der Waals surface area contributed by atoms with E-state index in [1.54, 1.807) is 6.92 Å². The summed E-state index contributed by atoms with van der Waals surface area (Å²) in [6.45, 7) is 1.80. The Kier molecular flexibility index (Phi) is 2.76. The summed E-state index contributed by atoms with van der Waals surface area (Å²) in [5, 5.41) is 0.116. The van der Waals surface area contributed by atoms with Crippen molar-refractivity contribution < 1.29 is 8.78 Å². The zero-order valence-corrected chi connectivity index (χ0v) is 6.61. The van der Waals surface area contributed by atoms with Crippen LogP contribution in [0.2, 0.25) is 0 Å². The minimum Gasteiger partial charge on any atom is -0.231 e. The SMILES string of the molecule is Cc1cnc(SC(F)F)nc1. The first-order chi connectivity index (χ1) is 5.18. The van der Waals surface area contributed by atoms with Crippen molar-refractivity contribution in [3.05, 3.63) is 18.0 Å². The van der Waals surface area contributed by atoms with E-state index in [9.17, 15) is 8.78 Å². The molecule has 0 aliphatic carbocycles. The van der Waals surface area contributed by atoms with E-state index in [1.165, 1.54) is 12.4 Å². The van der Waals surface area contributed by atoms with Crippen LogP contribution >= 0.6 is 11.8 Å². The van der Waals surface area contributed by atoms with Gasteiger partial charge in [-0.1, -0.05) is 0 Å². The molecule has 1 aromatic heterocycles. The van der Waals surface area contributed by atoms with Gasteiger partial charge in [0.25, 0.3) is 5.76 Å². The van der Waals surface area contributed by atoms with Crippen molar-refractivity contribution in [2.75, 3.05) is 0 Å². The minimum atomic E-state index is -2.45. The van der Waals surface area contributed by atoms with Crippen molar-refractivity contribution in [3.8, 4) is 0 Å². The summed E-state index contributed by atoms with van der Waals surface area (Å²) >= 11 is 0.352. The Labute approximate surface area is 67.1 Å². The summed E-state index contributed by atoms with van der Waals surface area (Å²) in [6.07, 6.45) is 3.02. The zero-order valence-electron chi connectivity index (χ0n) is 5.79. The van der Waals surface area contributed by atoms with Crippen LogP contribution in [0.4, 0.5) is 8.78 Å². The number of hydrogen-bond donors (Lipinski definition) is 0. The van der Waals surface area contributed by atoms with Gasteiger partial charge in [-0.25, -0.2) is 9.97 Å². The van der Waals surface area contributed by atoms with Crippen molar-refractivity contribution in [3.63, 3.8) is 0 Å². The summed E-state index contributed by atoms with van der Waals surface area (Å²) in [5.74, 6) is -2.45. The molecule has 0 N–H and O–H groups in total. The molecule has 11 heavy (non-hydrogen) atoms. The van der Waals surface area contributed by atoms with E-state index < -0.39 is 5.76 Å². The molecule has 0 saturated heterocycles. The van der Waals surface area contributed by atoms with Gasteiger partial charge in [0.05, 0.1) is 0 Å². The molecule has 0 saturated carbocycles. The Morgan fingerprint density at radius 1 is 1.36 bits per heavy atom. The van der Waals surface area contributed by atoms with E-state index in [-0.39, 0.29) is 5.16 Å². The van der Waals surface area contributed by atoms with Crippen LogP contribution in [0.15, 0.2) is 17.6 Å². The Hall–Kier alpha value is -0.710. The number of thioether (sulfide) groups is 1. The molecule has 0 bridgehead atoms. The average molecular weight is 176 g/mol. The molecule has 60 valence electrons. The smallest absolute Gasteiger partial charge is 0.231 e. The minimum absolute atomic E-state index is 0.116. The first-order valence-corrected chi connectivity index (χ1v) is 3.80. The van der Waals surface area contributed by atoms with E-state index in [2.05, 4.69) is 9.97 Å². The Morgan fingerprint density at radius 3 is 2.36 bits per heavy atom. The van der Waals surface area contributed by atoms with Crippen molar-refractivity contribution >= 4 is 11.8 Å². The van der Waals surface area contributed by atoms with Crippen LogP contribution in [0.25, 0.3) is 0 Å². The van der Waals surface area contributed by atoms with Crippen molar-refractivity contribution in [1.82, 2.24) is 9.97 Å². The predicted molar refractivity (Wildman–Crippen MR) is 38.6 cm³/mol. The number of aromatic nitrogens is 2. The Bertz CT molecular complexity index is 225. The van der Waals surface area contributed by atoms with Gasteiger partial charge < -0.3 is 0 Å². The maximum Gasteiger partial charge on any atom is 0.291 e. The number of alkyl halides is 2. The molecular weight excluding hydrogens is 170 g/mol. The molecule has 0 aliphatic heterocycles. The fraction of sp³-hybridized carbons (Fsp3) is 0.333. The Morgan fingerprint density at radius 2 is 1.91 bits per heavy atom. The molecule has 1 heterocycles. The maximum absolute atomic E-state index is 11.7. The van der Waals surface area contributed by atoms with E-state index in [1.807, 2.05) is 0 Å². The van der Waals surface area contributed by atoms with Crippen LogP contribution in [0.5, 0.6) is 0 Å². The standard InChI is InChI=1S/C6H6F2N2S/c1-4-2-9-6(10-3-4)11-5(7)8/h2-3,5H,1H3. The fourth-order valence-corrected chi connectivity index (χ4v) is 0.908. The first-order valence-electron chi connectivity index (χ1n) is 2.92. The molecule has 0 fully saturated rings. The van der Waals surface area contributed by atoms with E-state index in [0.29, 0.717) is 11.8 Å². The number of aryl methyl sites for hydroxylation is 1.